The lowest BCUT2D eigenvalue weighted by molar-refractivity contribution is 0.101. The van der Waals surface area contributed by atoms with Gasteiger partial charge in [0.1, 0.15) is 22.7 Å². The normalized spacial score (nSPS) is 11.0. The van der Waals surface area contributed by atoms with Gasteiger partial charge in [-0.05, 0) is 56.1 Å². The smallest absolute Gasteiger partial charge is 0.205 e. The first-order valence-electron chi connectivity index (χ1n) is 8.91. The number of nitrogens with zero attached hydrogens (tertiary/aromatic N) is 5. The Morgan fingerprint density at radius 1 is 0.900 bits per heavy atom. The van der Waals surface area contributed by atoms with Gasteiger partial charge in [0, 0.05) is 54.6 Å². The molecule has 0 aromatic carbocycles. The minimum atomic E-state index is -0.0655. The van der Waals surface area contributed by atoms with Crippen LogP contribution in [0.5, 0.6) is 0 Å². The lowest BCUT2D eigenvalue weighted by Crippen LogP contribution is -2.04. The fourth-order valence-corrected chi connectivity index (χ4v) is 3.33. The highest BCUT2D eigenvalue weighted by Gasteiger charge is 2.09. The van der Waals surface area contributed by atoms with Gasteiger partial charge < -0.3 is 4.90 Å². The molecule has 154 valence electrons. The highest BCUT2D eigenvalue weighted by Crippen LogP contribution is 2.15. The first-order valence-corrected chi connectivity index (χ1v) is 10.5. The number of ketones is 2. The topological polar surface area (TPSA) is 72.0 Å². The van der Waals surface area contributed by atoms with Crippen LogP contribution in [0.15, 0.2) is 70.3 Å². The number of rotatable bonds is 4. The van der Waals surface area contributed by atoms with E-state index in [1.54, 1.807) is 27.4 Å². The summed E-state index contributed by atoms with van der Waals surface area (Å²) in [5.74, 6) is -0.0464. The summed E-state index contributed by atoms with van der Waals surface area (Å²) in [7, 11) is 3.74. The van der Waals surface area contributed by atoms with E-state index in [0.717, 1.165) is 20.2 Å². The summed E-state index contributed by atoms with van der Waals surface area (Å²) in [6.07, 6.45) is 10.1. The Labute approximate surface area is 190 Å². The molecule has 4 aromatic rings. The van der Waals surface area contributed by atoms with Crippen LogP contribution in [-0.2, 0) is 0 Å². The maximum absolute atomic E-state index is 11.9. The third kappa shape index (κ3) is 5.03. The number of carbonyl (C=O) groups excluding carboxylic acids is 2. The number of pyridine rings is 2. The zero-order chi connectivity index (χ0) is 21.8. The van der Waals surface area contributed by atoms with Crippen LogP contribution in [0.3, 0.4) is 0 Å². The first-order chi connectivity index (χ1) is 14.3. The molecule has 9 heteroatoms. The molecule has 0 bridgehead atoms. The van der Waals surface area contributed by atoms with Gasteiger partial charge in [-0.1, -0.05) is 0 Å². The van der Waals surface area contributed by atoms with E-state index >= 15 is 0 Å². The molecule has 4 rings (SSSR count). The zero-order valence-corrected chi connectivity index (χ0v) is 19.8. The number of imidazole rings is 2. The number of halogens is 2. The molecule has 0 saturated heterocycles. The van der Waals surface area contributed by atoms with Crippen molar-refractivity contribution in [3.63, 3.8) is 0 Å². The number of hydrogen-bond donors (Lipinski definition) is 0. The van der Waals surface area contributed by atoms with Crippen molar-refractivity contribution in [3.05, 3.63) is 81.7 Å². The number of allylic oxidation sites excluding steroid dienone is 1. The molecule has 4 aromatic heterocycles. The van der Waals surface area contributed by atoms with Gasteiger partial charge >= 0.3 is 0 Å². The lowest BCUT2D eigenvalue weighted by Gasteiger charge is -2.03. The van der Waals surface area contributed by atoms with Crippen LogP contribution in [0.25, 0.3) is 11.3 Å². The predicted molar refractivity (Wildman–Crippen MR) is 123 cm³/mol. The van der Waals surface area contributed by atoms with E-state index in [4.69, 9.17) is 0 Å². The molecule has 30 heavy (non-hydrogen) atoms. The molecule has 0 fully saturated rings. The lowest BCUT2D eigenvalue weighted by atomic mass is 10.3. The standard InChI is InChI=1S/C12H12BrN3O.C9H7BrN2O/c1-15(2)6-5-11(17)10-7-14-12-4-3-9(13)8-16(10)12;1-6(13)8-4-11-9-3-2-7(10)5-12(8)9/h3-8H,1-2H3;2-5H,1H3/b6-5+;. The molecule has 0 saturated carbocycles. The molecule has 0 aliphatic rings. The second kappa shape index (κ2) is 9.36. The molecule has 4 heterocycles. The summed E-state index contributed by atoms with van der Waals surface area (Å²) in [5, 5.41) is 0. The Hall–Kier alpha value is -2.78. The minimum Gasteiger partial charge on any atom is -0.383 e. The van der Waals surface area contributed by atoms with E-state index < -0.39 is 0 Å². The van der Waals surface area contributed by atoms with Gasteiger partial charge in [-0.3, -0.25) is 18.4 Å². The van der Waals surface area contributed by atoms with E-state index in [-0.39, 0.29) is 11.6 Å². The Bertz CT molecular complexity index is 1260. The zero-order valence-electron chi connectivity index (χ0n) is 16.6. The van der Waals surface area contributed by atoms with Crippen molar-refractivity contribution in [1.82, 2.24) is 23.7 Å². The van der Waals surface area contributed by atoms with E-state index in [0.29, 0.717) is 11.4 Å². The SMILES string of the molecule is CC(=O)c1cnc2ccc(Br)cn12.CN(C)/C=C/C(=O)c1cnc2ccc(Br)cn12. The highest BCUT2D eigenvalue weighted by molar-refractivity contribution is 9.10. The summed E-state index contributed by atoms with van der Waals surface area (Å²) in [5.41, 5.74) is 2.71. The number of fused-ring (bicyclic) bond motifs is 2. The molecular weight excluding hydrogens is 514 g/mol. The monoisotopic (exact) mass is 531 g/mol. The maximum atomic E-state index is 11.9. The van der Waals surface area contributed by atoms with Crippen LogP contribution in [0.2, 0.25) is 0 Å². The molecular formula is C21H19Br2N5O2. The van der Waals surface area contributed by atoms with Crippen LogP contribution < -0.4 is 0 Å². The van der Waals surface area contributed by atoms with Gasteiger partial charge in [0.2, 0.25) is 5.78 Å². The Balaban J connectivity index is 0.000000177. The third-order valence-corrected chi connectivity index (χ3v) is 5.01. The number of aromatic nitrogens is 4. The van der Waals surface area contributed by atoms with Crippen molar-refractivity contribution < 1.29 is 9.59 Å². The average Bonchev–Trinajstić information content (AvgIpc) is 3.30. The van der Waals surface area contributed by atoms with E-state index in [2.05, 4.69) is 41.8 Å². The molecule has 0 aliphatic carbocycles. The van der Waals surface area contributed by atoms with Crippen LogP contribution in [0.1, 0.15) is 27.9 Å². The molecule has 0 N–H and O–H groups in total. The van der Waals surface area contributed by atoms with Crippen LogP contribution >= 0.6 is 31.9 Å². The van der Waals surface area contributed by atoms with Gasteiger partial charge in [0.15, 0.2) is 5.78 Å². The van der Waals surface area contributed by atoms with Crippen molar-refractivity contribution in [2.75, 3.05) is 14.1 Å². The minimum absolute atomic E-state index is 0.0191. The predicted octanol–water partition coefficient (Wildman–Crippen LogP) is 4.65. The number of Topliss-reactive ketones (excluding diaryl/α,β-unsaturated/α-hetero) is 1. The van der Waals surface area contributed by atoms with Crippen LogP contribution in [0, 0.1) is 0 Å². The number of hydrogen-bond acceptors (Lipinski definition) is 5. The summed E-state index contributed by atoms with van der Waals surface area (Å²) < 4.78 is 5.38. The van der Waals surface area contributed by atoms with Gasteiger partial charge in [0.25, 0.3) is 0 Å². The van der Waals surface area contributed by atoms with Crippen LogP contribution in [0.4, 0.5) is 0 Å². The van der Waals surface area contributed by atoms with E-state index in [1.807, 2.05) is 55.7 Å². The fourth-order valence-electron chi connectivity index (χ4n) is 2.65. The Morgan fingerprint density at radius 2 is 1.40 bits per heavy atom. The summed E-state index contributed by atoms with van der Waals surface area (Å²) >= 11 is 6.72. The van der Waals surface area contributed by atoms with Crippen molar-refractivity contribution in [3.8, 4) is 0 Å². The Morgan fingerprint density at radius 3 is 1.90 bits per heavy atom. The van der Waals surface area contributed by atoms with Gasteiger partial charge in [-0.25, -0.2) is 9.97 Å². The highest BCUT2D eigenvalue weighted by atomic mass is 79.9. The van der Waals surface area contributed by atoms with Crippen molar-refractivity contribution in [1.29, 1.82) is 0 Å². The second-order valence-electron chi connectivity index (χ2n) is 6.64. The quantitative estimate of drug-likeness (QED) is 0.282. The average molecular weight is 533 g/mol. The van der Waals surface area contributed by atoms with E-state index in [9.17, 15) is 9.59 Å². The van der Waals surface area contributed by atoms with Crippen molar-refractivity contribution in [2.24, 2.45) is 0 Å². The third-order valence-electron chi connectivity index (χ3n) is 4.08. The molecule has 0 spiro atoms. The van der Waals surface area contributed by atoms with Crippen molar-refractivity contribution >= 4 is 54.7 Å². The van der Waals surface area contributed by atoms with Gasteiger partial charge in [0.05, 0.1) is 12.4 Å². The number of carbonyl (C=O) groups is 2. The van der Waals surface area contributed by atoms with Crippen molar-refractivity contribution in [2.45, 2.75) is 6.92 Å². The molecule has 0 unspecified atom stereocenters. The molecule has 0 aliphatic heterocycles. The summed E-state index contributed by atoms with van der Waals surface area (Å²) in [4.78, 5) is 33.2. The van der Waals surface area contributed by atoms with E-state index in [1.165, 1.54) is 13.0 Å². The molecule has 0 amide bonds. The first kappa shape index (κ1) is 21.9. The Kier molecular flexibility index (Phi) is 6.84. The maximum Gasteiger partial charge on any atom is 0.205 e. The van der Waals surface area contributed by atoms with Crippen LogP contribution in [-0.4, -0.2) is 49.3 Å². The summed E-state index contributed by atoms with van der Waals surface area (Å²) in [6, 6.07) is 7.51. The molecule has 0 atom stereocenters. The largest absolute Gasteiger partial charge is 0.383 e. The molecule has 0 radical (unpaired) electrons. The van der Waals surface area contributed by atoms with Gasteiger partial charge in [-0.2, -0.15) is 0 Å². The van der Waals surface area contributed by atoms with Gasteiger partial charge in [-0.15, -0.1) is 0 Å². The fraction of sp³-hybridized carbons (Fsp3) is 0.143. The molecule has 7 nitrogen and oxygen atoms in total. The second-order valence-corrected chi connectivity index (χ2v) is 8.47. The summed E-state index contributed by atoms with van der Waals surface area (Å²) in [6.45, 7) is 1.53.